The molecule has 0 unspecified atom stereocenters. The van der Waals surface area contributed by atoms with E-state index in [0.717, 1.165) is 30.5 Å². The molecule has 0 aromatic heterocycles. The average molecular weight is 248 g/mol. The highest BCUT2D eigenvalue weighted by Gasteiger charge is 2.52. The molecule has 90 valence electrons. The van der Waals surface area contributed by atoms with E-state index in [1.807, 2.05) is 24.3 Å². The van der Waals surface area contributed by atoms with E-state index >= 15 is 0 Å². The summed E-state index contributed by atoms with van der Waals surface area (Å²) in [5.41, 5.74) is 7.03. The molecule has 0 heterocycles. The van der Waals surface area contributed by atoms with Gasteiger partial charge in [0.2, 0.25) is 5.91 Å². The Morgan fingerprint density at radius 3 is 2.65 bits per heavy atom. The lowest BCUT2D eigenvalue weighted by atomic mass is 10.1. The van der Waals surface area contributed by atoms with Gasteiger partial charge in [-0.15, -0.1) is 0 Å². The number of hydrogen-bond donors (Lipinski definition) is 2. The maximum absolute atomic E-state index is 12.1. The van der Waals surface area contributed by atoms with Gasteiger partial charge in [-0.25, -0.2) is 0 Å². The van der Waals surface area contributed by atoms with Gasteiger partial charge in [0.15, 0.2) is 0 Å². The van der Waals surface area contributed by atoms with Crippen molar-refractivity contribution in [2.24, 2.45) is 11.1 Å². The second-order valence-electron chi connectivity index (χ2n) is 4.41. The fourth-order valence-electron chi connectivity index (χ4n) is 1.90. The van der Waals surface area contributed by atoms with Crippen molar-refractivity contribution in [3.05, 3.63) is 29.8 Å². The molecule has 0 aliphatic heterocycles. The van der Waals surface area contributed by atoms with Gasteiger partial charge in [-0.1, -0.05) is 37.3 Å². The van der Waals surface area contributed by atoms with Gasteiger partial charge >= 0.3 is 0 Å². The van der Waals surface area contributed by atoms with Crippen LogP contribution in [-0.2, 0) is 11.2 Å². The van der Waals surface area contributed by atoms with Crippen molar-refractivity contribution < 1.29 is 4.79 Å². The van der Waals surface area contributed by atoms with Crippen LogP contribution < -0.4 is 11.1 Å². The number of nitrogens with two attached hydrogens (primary N) is 1. The fraction of sp³-hybridized carbons (Fsp3) is 0.385. The van der Waals surface area contributed by atoms with Gasteiger partial charge < -0.3 is 11.1 Å². The maximum atomic E-state index is 12.1. The lowest BCUT2D eigenvalue weighted by Gasteiger charge is -2.15. The van der Waals surface area contributed by atoms with Gasteiger partial charge in [0.05, 0.1) is 10.4 Å². The molecule has 1 aliphatic rings. The van der Waals surface area contributed by atoms with Gasteiger partial charge in [-0.05, 0) is 30.9 Å². The van der Waals surface area contributed by atoms with Crippen LogP contribution in [0.3, 0.4) is 0 Å². The Hall–Kier alpha value is -1.42. The summed E-state index contributed by atoms with van der Waals surface area (Å²) in [6.07, 6.45) is 2.42. The van der Waals surface area contributed by atoms with Crippen LogP contribution in [0.25, 0.3) is 0 Å². The summed E-state index contributed by atoms with van der Waals surface area (Å²) in [5.74, 6) is -0.0640. The number of amides is 1. The Balaban J connectivity index is 2.16. The van der Waals surface area contributed by atoms with Crippen LogP contribution in [-0.4, -0.2) is 10.9 Å². The first kappa shape index (κ1) is 12.0. The molecule has 1 amide bonds. The molecule has 1 aliphatic carbocycles. The molecule has 2 rings (SSSR count). The summed E-state index contributed by atoms with van der Waals surface area (Å²) < 4.78 is 0. The third kappa shape index (κ3) is 2.17. The van der Waals surface area contributed by atoms with Crippen LogP contribution >= 0.6 is 12.2 Å². The second-order valence-corrected chi connectivity index (χ2v) is 4.85. The van der Waals surface area contributed by atoms with Crippen LogP contribution in [0.2, 0.25) is 0 Å². The Morgan fingerprint density at radius 2 is 2.12 bits per heavy atom. The van der Waals surface area contributed by atoms with Crippen molar-refractivity contribution in [1.82, 2.24) is 0 Å². The summed E-state index contributed by atoms with van der Waals surface area (Å²) >= 11 is 4.96. The Morgan fingerprint density at radius 1 is 1.47 bits per heavy atom. The predicted octanol–water partition coefficient (Wildman–Crippen LogP) is 2.25. The number of thiocarbonyl (C=S) groups is 1. The quantitative estimate of drug-likeness (QED) is 0.804. The van der Waals surface area contributed by atoms with Crippen LogP contribution in [0, 0.1) is 5.41 Å². The van der Waals surface area contributed by atoms with Crippen LogP contribution in [0.1, 0.15) is 25.3 Å². The minimum absolute atomic E-state index is 0.0640. The van der Waals surface area contributed by atoms with E-state index in [2.05, 4.69) is 12.2 Å². The van der Waals surface area contributed by atoms with E-state index in [1.165, 1.54) is 0 Å². The van der Waals surface area contributed by atoms with E-state index in [-0.39, 0.29) is 5.91 Å². The minimum atomic E-state index is -0.587. The first-order chi connectivity index (χ1) is 8.10. The summed E-state index contributed by atoms with van der Waals surface area (Å²) in [5, 5.41) is 2.94. The summed E-state index contributed by atoms with van der Waals surface area (Å²) in [7, 11) is 0. The number of carbonyl (C=O) groups excluding carboxylic acids is 1. The monoisotopic (exact) mass is 248 g/mol. The highest BCUT2D eigenvalue weighted by molar-refractivity contribution is 7.80. The van der Waals surface area contributed by atoms with Crippen molar-refractivity contribution >= 4 is 28.8 Å². The number of carbonyl (C=O) groups is 1. The van der Waals surface area contributed by atoms with Crippen LogP contribution in [0.5, 0.6) is 0 Å². The SMILES string of the molecule is CCc1ccccc1NC(=O)C1(C(N)=S)CC1. The largest absolute Gasteiger partial charge is 0.392 e. The summed E-state index contributed by atoms with van der Waals surface area (Å²) in [6.45, 7) is 2.06. The number of hydrogen-bond acceptors (Lipinski definition) is 2. The highest BCUT2D eigenvalue weighted by Crippen LogP contribution is 2.46. The van der Waals surface area contributed by atoms with Gasteiger partial charge in [-0.2, -0.15) is 0 Å². The normalized spacial score (nSPS) is 16.3. The lowest BCUT2D eigenvalue weighted by molar-refractivity contribution is -0.118. The van der Waals surface area contributed by atoms with E-state index < -0.39 is 5.41 Å². The standard InChI is InChI=1S/C13H16N2OS/c1-2-9-5-3-4-6-10(9)15-12(16)13(7-8-13)11(14)17/h3-6H,2,7-8H2,1H3,(H2,14,17)(H,15,16). The van der Waals surface area contributed by atoms with Gasteiger partial charge in [0.25, 0.3) is 0 Å². The summed E-state index contributed by atoms with van der Waals surface area (Å²) in [6, 6.07) is 7.80. The third-order valence-electron chi connectivity index (χ3n) is 3.30. The molecular weight excluding hydrogens is 232 g/mol. The molecule has 17 heavy (non-hydrogen) atoms. The van der Waals surface area contributed by atoms with Crippen LogP contribution in [0.4, 0.5) is 5.69 Å². The molecule has 3 N–H and O–H groups in total. The first-order valence-corrected chi connectivity index (χ1v) is 6.20. The number of aryl methyl sites for hydroxylation is 1. The topological polar surface area (TPSA) is 55.1 Å². The van der Waals surface area contributed by atoms with E-state index in [1.54, 1.807) is 0 Å². The number of anilines is 1. The predicted molar refractivity (Wildman–Crippen MR) is 72.9 cm³/mol. The summed E-state index contributed by atoms with van der Waals surface area (Å²) in [4.78, 5) is 12.4. The Bertz CT molecular complexity index is 466. The molecular formula is C13H16N2OS. The molecule has 1 fully saturated rings. The fourth-order valence-corrected chi connectivity index (χ4v) is 2.20. The molecule has 1 aromatic rings. The molecule has 1 saturated carbocycles. The van der Waals surface area contributed by atoms with Crippen molar-refractivity contribution in [3.63, 3.8) is 0 Å². The van der Waals surface area contributed by atoms with Gasteiger partial charge in [0.1, 0.15) is 0 Å². The molecule has 0 saturated heterocycles. The Labute approximate surface area is 106 Å². The highest BCUT2D eigenvalue weighted by atomic mass is 32.1. The van der Waals surface area contributed by atoms with Crippen molar-refractivity contribution in [2.75, 3.05) is 5.32 Å². The zero-order valence-electron chi connectivity index (χ0n) is 9.82. The van der Waals surface area contributed by atoms with Crippen molar-refractivity contribution in [3.8, 4) is 0 Å². The van der Waals surface area contributed by atoms with Crippen LogP contribution in [0.15, 0.2) is 24.3 Å². The average Bonchev–Trinajstić information content (AvgIpc) is 3.10. The number of para-hydroxylation sites is 1. The maximum Gasteiger partial charge on any atom is 0.237 e. The smallest absolute Gasteiger partial charge is 0.237 e. The van der Waals surface area contributed by atoms with Gasteiger partial charge in [-0.3, -0.25) is 4.79 Å². The minimum Gasteiger partial charge on any atom is -0.392 e. The molecule has 3 nitrogen and oxygen atoms in total. The van der Waals surface area contributed by atoms with Gasteiger partial charge in [0, 0.05) is 5.69 Å². The number of benzene rings is 1. The Kier molecular flexibility index (Phi) is 3.15. The molecule has 0 atom stereocenters. The molecule has 4 heteroatoms. The lowest BCUT2D eigenvalue weighted by Crippen LogP contribution is -2.35. The third-order valence-corrected chi connectivity index (χ3v) is 3.69. The van der Waals surface area contributed by atoms with Crippen molar-refractivity contribution in [1.29, 1.82) is 0 Å². The zero-order chi connectivity index (χ0) is 12.5. The van der Waals surface area contributed by atoms with Crippen molar-refractivity contribution in [2.45, 2.75) is 26.2 Å². The zero-order valence-corrected chi connectivity index (χ0v) is 10.6. The number of nitrogens with one attached hydrogen (secondary N) is 1. The second kappa shape index (κ2) is 4.45. The van der Waals surface area contributed by atoms with E-state index in [0.29, 0.717) is 4.99 Å². The molecule has 0 bridgehead atoms. The van der Waals surface area contributed by atoms with E-state index in [9.17, 15) is 4.79 Å². The van der Waals surface area contributed by atoms with E-state index in [4.69, 9.17) is 18.0 Å². The molecule has 1 aromatic carbocycles. The molecule has 0 radical (unpaired) electrons. The first-order valence-electron chi connectivity index (χ1n) is 5.79. The number of rotatable bonds is 4. The molecule has 0 spiro atoms.